The van der Waals surface area contributed by atoms with Crippen LogP contribution in [-0.4, -0.2) is 34.7 Å². The van der Waals surface area contributed by atoms with Crippen molar-refractivity contribution in [1.82, 2.24) is 15.1 Å². The largest absolute Gasteiger partial charge is 0.495 e. The van der Waals surface area contributed by atoms with E-state index >= 15 is 0 Å². The first-order chi connectivity index (χ1) is 14.1. The molecule has 1 N–H and O–H groups in total. The third kappa shape index (κ3) is 2.95. The van der Waals surface area contributed by atoms with E-state index in [1.165, 1.54) is 0 Å². The lowest BCUT2D eigenvalue weighted by Gasteiger charge is -2.19. The molecule has 2 aromatic carbocycles. The molecular formula is C22H20N4O3. The van der Waals surface area contributed by atoms with Gasteiger partial charge in [-0.3, -0.25) is 4.79 Å². The topological polar surface area (TPSA) is 84.2 Å². The number of fused-ring (bicyclic) bond motifs is 1. The van der Waals surface area contributed by atoms with Gasteiger partial charge < -0.3 is 19.1 Å². The van der Waals surface area contributed by atoms with Crippen LogP contribution in [0.25, 0.3) is 22.4 Å². The molecule has 2 aromatic heterocycles. The van der Waals surface area contributed by atoms with Gasteiger partial charge in [0.15, 0.2) is 5.82 Å². The number of benzene rings is 2. The molecule has 29 heavy (non-hydrogen) atoms. The van der Waals surface area contributed by atoms with Gasteiger partial charge in [0.2, 0.25) is 5.91 Å². The predicted octanol–water partition coefficient (Wildman–Crippen LogP) is 4.06. The van der Waals surface area contributed by atoms with Crippen LogP contribution in [0.2, 0.25) is 0 Å². The molecule has 0 aliphatic carbocycles. The lowest BCUT2D eigenvalue weighted by Crippen LogP contribution is -2.25. The Morgan fingerprint density at radius 3 is 3.00 bits per heavy atom. The number of rotatable bonds is 4. The Morgan fingerprint density at radius 1 is 1.24 bits per heavy atom. The highest BCUT2D eigenvalue weighted by atomic mass is 16.5. The van der Waals surface area contributed by atoms with E-state index in [9.17, 15) is 4.79 Å². The summed E-state index contributed by atoms with van der Waals surface area (Å²) in [7, 11) is 1.61. The minimum Gasteiger partial charge on any atom is -0.495 e. The van der Waals surface area contributed by atoms with Gasteiger partial charge in [-0.2, -0.15) is 4.98 Å². The number of H-pyrrole nitrogens is 1. The molecule has 1 saturated heterocycles. The maximum atomic E-state index is 12.7. The standard InChI is InChI=1S/C22H20N4O3/c1-13-6-7-19(28-2)18(10-13)26-12-14(11-20(26)27)21-24-22(29-25-21)16-4-3-5-17-15(16)8-9-23-17/h3-10,14,23H,11-12H2,1-2H3. The van der Waals surface area contributed by atoms with Crippen LogP contribution in [0.5, 0.6) is 5.75 Å². The molecule has 1 atom stereocenters. The van der Waals surface area contributed by atoms with E-state index < -0.39 is 0 Å². The van der Waals surface area contributed by atoms with E-state index in [4.69, 9.17) is 9.26 Å². The van der Waals surface area contributed by atoms with E-state index in [0.29, 0.717) is 30.4 Å². The number of ether oxygens (including phenoxy) is 1. The summed E-state index contributed by atoms with van der Waals surface area (Å²) in [5, 5.41) is 5.21. The van der Waals surface area contributed by atoms with Crippen molar-refractivity contribution in [1.29, 1.82) is 0 Å². The molecule has 1 fully saturated rings. The van der Waals surface area contributed by atoms with Crippen molar-refractivity contribution in [2.24, 2.45) is 0 Å². The summed E-state index contributed by atoms with van der Waals surface area (Å²) in [4.78, 5) is 22.3. The Morgan fingerprint density at radius 2 is 2.14 bits per heavy atom. The highest BCUT2D eigenvalue weighted by Gasteiger charge is 2.36. The summed E-state index contributed by atoms with van der Waals surface area (Å²) in [6, 6.07) is 13.7. The van der Waals surface area contributed by atoms with E-state index in [1.54, 1.807) is 12.0 Å². The molecule has 7 heteroatoms. The second-order valence-corrected chi connectivity index (χ2v) is 7.28. The number of carbonyl (C=O) groups excluding carboxylic acids is 1. The highest BCUT2D eigenvalue weighted by molar-refractivity contribution is 5.98. The molecule has 0 saturated carbocycles. The third-order valence-corrected chi connectivity index (χ3v) is 5.38. The number of hydrogen-bond acceptors (Lipinski definition) is 5. The molecule has 1 unspecified atom stereocenters. The summed E-state index contributed by atoms with van der Waals surface area (Å²) >= 11 is 0. The quantitative estimate of drug-likeness (QED) is 0.570. The number of anilines is 1. The van der Waals surface area contributed by atoms with E-state index in [-0.39, 0.29) is 11.8 Å². The highest BCUT2D eigenvalue weighted by Crippen LogP contribution is 2.37. The van der Waals surface area contributed by atoms with Crippen molar-refractivity contribution in [2.45, 2.75) is 19.3 Å². The minimum atomic E-state index is -0.129. The van der Waals surface area contributed by atoms with Crippen molar-refractivity contribution in [2.75, 3.05) is 18.6 Å². The van der Waals surface area contributed by atoms with Crippen LogP contribution in [0.4, 0.5) is 5.69 Å². The van der Waals surface area contributed by atoms with Crippen molar-refractivity contribution in [3.8, 4) is 17.2 Å². The molecule has 1 aliphatic rings. The van der Waals surface area contributed by atoms with Gasteiger partial charge in [-0.05, 0) is 42.8 Å². The van der Waals surface area contributed by atoms with Gasteiger partial charge >= 0.3 is 0 Å². The number of hydrogen-bond donors (Lipinski definition) is 1. The maximum Gasteiger partial charge on any atom is 0.258 e. The van der Waals surface area contributed by atoms with Crippen LogP contribution in [0.1, 0.15) is 23.7 Å². The van der Waals surface area contributed by atoms with Crippen molar-refractivity contribution in [3.05, 3.63) is 60.0 Å². The number of amides is 1. The number of aromatic amines is 1. The zero-order valence-electron chi connectivity index (χ0n) is 16.2. The summed E-state index contributed by atoms with van der Waals surface area (Å²) in [5.41, 5.74) is 3.74. The maximum absolute atomic E-state index is 12.7. The van der Waals surface area contributed by atoms with Crippen LogP contribution in [-0.2, 0) is 4.79 Å². The Labute approximate surface area is 167 Å². The smallest absolute Gasteiger partial charge is 0.258 e. The first-order valence-electron chi connectivity index (χ1n) is 9.49. The SMILES string of the molecule is COc1ccc(C)cc1N1CC(c2noc(-c3cccc4[nH]ccc34)n2)CC1=O. The Kier molecular flexibility index (Phi) is 4.08. The van der Waals surface area contributed by atoms with Crippen LogP contribution in [0.15, 0.2) is 53.2 Å². The van der Waals surface area contributed by atoms with E-state index in [2.05, 4.69) is 15.1 Å². The van der Waals surface area contributed by atoms with Gasteiger partial charge in [0.05, 0.1) is 12.8 Å². The fourth-order valence-corrected chi connectivity index (χ4v) is 3.91. The summed E-state index contributed by atoms with van der Waals surface area (Å²) < 4.78 is 11.0. The molecule has 1 aliphatic heterocycles. The fourth-order valence-electron chi connectivity index (χ4n) is 3.91. The molecule has 0 bridgehead atoms. The lowest BCUT2D eigenvalue weighted by atomic mass is 10.1. The summed E-state index contributed by atoms with van der Waals surface area (Å²) in [6.45, 7) is 2.49. The van der Waals surface area contributed by atoms with Crippen molar-refractivity contribution < 1.29 is 14.1 Å². The van der Waals surface area contributed by atoms with Gasteiger partial charge in [0.1, 0.15) is 5.75 Å². The predicted molar refractivity (Wildman–Crippen MR) is 109 cm³/mol. The number of nitrogens with one attached hydrogen (secondary N) is 1. The third-order valence-electron chi connectivity index (χ3n) is 5.38. The van der Waals surface area contributed by atoms with Crippen LogP contribution < -0.4 is 9.64 Å². The molecule has 1 amide bonds. The monoisotopic (exact) mass is 388 g/mol. The van der Waals surface area contributed by atoms with Crippen molar-refractivity contribution in [3.63, 3.8) is 0 Å². The van der Waals surface area contributed by atoms with Crippen LogP contribution in [0, 0.1) is 6.92 Å². The average Bonchev–Trinajstić information content (AvgIpc) is 3.46. The van der Waals surface area contributed by atoms with Crippen molar-refractivity contribution >= 4 is 22.5 Å². The molecule has 146 valence electrons. The number of nitrogens with zero attached hydrogens (tertiary/aromatic N) is 3. The molecule has 0 spiro atoms. The van der Waals surface area contributed by atoms with Crippen LogP contribution in [0.3, 0.4) is 0 Å². The number of aryl methyl sites for hydroxylation is 1. The number of methoxy groups -OCH3 is 1. The minimum absolute atomic E-state index is 0.0259. The zero-order chi connectivity index (χ0) is 20.0. The normalized spacial score (nSPS) is 16.7. The average molecular weight is 388 g/mol. The molecular weight excluding hydrogens is 368 g/mol. The molecule has 0 radical (unpaired) electrons. The zero-order valence-corrected chi connectivity index (χ0v) is 16.2. The Balaban J connectivity index is 1.44. The Bertz CT molecular complexity index is 1210. The molecule has 4 aromatic rings. The second kappa shape index (κ2) is 6.77. The summed E-state index contributed by atoms with van der Waals surface area (Å²) in [5.74, 6) is 1.59. The molecule has 7 nitrogen and oxygen atoms in total. The van der Waals surface area contributed by atoms with Gasteiger partial charge in [-0.15, -0.1) is 0 Å². The van der Waals surface area contributed by atoms with E-state index in [1.807, 2.05) is 55.6 Å². The van der Waals surface area contributed by atoms with Gasteiger partial charge in [0.25, 0.3) is 5.89 Å². The molecule has 5 rings (SSSR count). The first-order valence-corrected chi connectivity index (χ1v) is 9.49. The molecule has 3 heterocycles. The number of aromatic nitrogens is 3. The number of carbonyl (C=O) groups is 1. The summed E-state index contributed by atoms with van der Waals surface area (Å²) in [6.07, 6.45) is 2.22. The lowest BCUT2D eigenvalue weighted by molar-refractivity contribution is -0.117. The van der Waals surface area contributed by atoms with Gasteiger partial charge in [0, 0.05) is 41.5 Å². The second-order valence-electron chi connectivity index (χ2n) is 7.28. The van der Waals surface area contributed by atoms with Crippen LogP contribution >= 0.6 is 0 Å². The fraction of sp³-hybridized carbons (Fsp3) is 0.227. The Hall–Kier alpha value is -3.61. The first kappa shape index (κ1) is 17.5. The van der Waals surface area contributed by atoms with Gasteiger partial charge in [-0.1, -0.05) is 17.3 Å². The van der Waals surface area contributed by atoms with Gasteiger partial charge in [-0.25, -0.2) is 0 Å². The van der Waals surface area contributed by atoms with E-state index in [0.717, 1.165) is 27.7 Å².